The number of methoxy groups -OCH3 is 1. The Labute approximate surface area is 142 Å². The Morgan fingerprint density at radius 3 is 2.57 bits per heavy atom. The van der Waals surface area contributed by atoms with Crippen LogP contribution in [-0.4, -0.2) is 36.8 Å². The fourth-order valence-electron chi connectivity index (χ4n) is 1.73. The molecule has 0 atom stereocenters. The molecular weight excluding hydrogens is 336 g/mol. The molecule has 0 spiro atoms. The summed E-state index contributed by atoms with van der Waals surface area (Å²) in [6.45, 7) is 1.96. The molecule has 1 aromatic carbocycles. The van der Waals surface area contributed by atoms with E-state index in [-0.39, 0.29) is 18.2 Å². The Morgan fingerprint density at radius 2 is 2.00 bits per heavy atom. The predicted molar refractivity (Wildman–Crippen MR) is 90.8 cm³/mol. The monoisotopic (exact) mass is 352 g/mol. The third-order valence-electron chi connectivity index (χ3n) is 2.83. The van der Waals surface area contributed by atoms with Gasteiger partial charge in [-0.1, -0.05) is 23.1 Å². The van der Waals surface area contributed by atoms with Crippen molar-refractivity contribution in [2.45, 2.75) is 11.3 Å². The zero-order chi connectivity index (χ0) is 16.8. The molecule has 0 saturated heterocycles. The number of aromatic nitrogens is 1. The maximum absolute atomic E-state index is 12.3. The van der Waals surface area contributed by atoms with Gasteiger partial charge in [-0.2, -0.15) is 0 Å². The summed E-state index contributed by atoms with van der Waals surface area (Å²) in [5, 5.41) is 3.10. The summed E-state index contributed by atoms with van der Waals surface area (Å²) in [4.78, 5) is 28.4. The first kappa shape index (κ1) is 17.3. The van der Waals surface area contributed by atoms with Crippen molar-refractivity contribution in [3.63, 3.8) is 0 Å². The van der Waals surface area contributed by atoms with Crippen molar-refractivity contribution in [3.8, 4) is 5.75 Å². The summed E-state index contributed by atoms with van der Waals surface area (Å²) in [5.41, 5.74) is 0.586. The smallest absolute Gasteiger partial charge is 0.360 e. The van der Waals surface area contributed by atoms with Gasteiger partial charge in [0.15, 0.2) is 10.0 Å². The van der Waals surface area contributed by atoms with Crippen molar-refractivity contribution in [2.24, 2.45) is 0 Å². The lowest BCUT2D eigenvalue weighted by Crippen LogP contribution is -2.14. The maximum Gasteiger partial charge on any atom is 0.360 e. The molecule has 2 aromatic rings. The van der Waals surface area contributed by atoms with Crippen molar-refractivity contribution in [3.05, 3.63) is 35.5 Å². The topological polar surface area (TPSA) is 77.5 Å². The fourth-order valence-corrected chi connectivity index (χ4v) is 3.17. The van der Waals surface area contributed by atoms with E-state index in [1.54, 1.807) is 38.3 Å². The number of nitrogens with one attached hydrogen (secondary N) is 1. The van der Waals surface area contributed by atoms with Gasteiger partial charge in [-0.15, -0.1) is 0 Å². The number of rotatable bonds is 6. The Balaban J connectivity index is 2.22. The highest BCUT2D eigenvalue weighted by Crippen LogP contribution is 2.31. The number of benzene rings is 1. The van der Waals surface area contributed by atoms with Crippen LogP contribution in [0.4, 0.5) is 5.00 Å². The first-order valence-electron chi connectivity index (χ1n) is 6.76. The summed E-state index contributed by atoms with van der Waals surface area (Å²) < 4.78 is 10.7. The third-order valence-corrected chi connectivity index (χ3v) is 4.79. The van der Waals surface area contributed by atoms with Crippen LogP contribution >= 0.6 is 23.1 Å². The molecule has 0 aliphatic rings. The molecule has 1 aromatic heterocycles. The number of anilines is 1. The van der Waals surface area contributed by atoms with E-state index >= 15 is 0 Å². The molecular formula is C15H16N2O4S2. The second kappa shape index (κ2) is 7.98. The molecule has 0 aliphatic heterocycles. The molecule has 1 heterocycles. The molecule has 0 radical (unpaired) electrons. The van der Waals surface area contributed by atoms with Crippen LogP contribution in [0, 0.1) is 0 Å². The number of esters is 1. The zero-order valence-corrected chi connectivity index (χ0v) is 14.5. The van der Waals surface area contributed by atoms with Crippen molar-refractivity contribution < 1.29 is 19.1 Å². The Hall–Kier alpha value is -2.06. The number of hydrogen-bond acceptors (Lipinski definition) is 7. The summed E-state index contributed by atoms with van der Waals surface area (Å²) in [6, 6.07) is 6.69. The van der Waals surface area contributed by atoms with E-state index in [2.05, 4.69) is 10.3 Å². The first-order valence-corrected chi connectivity index (χ1v) is 8.80. The summed E-state index contributed by atoms with van der Waals surface area (Å²) >= 11 is 2.64. The largest absolute Gasteiger partial charge is 0.497 e. The summed E-state index contributed by atoms with van der Waals surface area (Å²) in [5.74, 6) is -0.209. The van der Waals surface area contributed by atoms with Gasteiger partial charge >= 0.3 is 5.97 Å². The van der Waals surface area contributed by atoms with Crippen LogP contribution in [-0.2, 0) is 4.74 Å². The molecule has 122 valence electrons. The molecule has 0 bridgehead atoms. The average molecular weight is 352 g/mol. The number of carbonyl (C=O) groups excluding carboxylic acids is 2. The van der Waals surface area contributed by atoms with Crippen LogP contribution < -0.4 is 10.1 Å². The summed E-state index contributed by atoms with van der Waals surface area (Å²) in [6.07, 6.45) is 1.85. The van der Waals surface area contributed by atoms with Gasteiger partial charge in [0, 0.05) is 5.56 Å². The molecule has 2 rings (SSSR count). The molecule has 0 aliphatic carbocycles. The number of hydrogen-bond donors (Lipinski definition) is 1. The number of thioether (sulfide) groups is 1. The van der Waals surface area contributed by atoms with E-state index in [1.807, 2.05) is 6.26 Å². The minimum absolute atomic E-state index is 0.128. The van der Waals surface area contributed by atoms with Crippen LogP contribution in [0.1, 0.15) is 27.8 Å². The van der Waals surface area contributed by atoms with E-state index < -0.39 is 5.97 Å². The minimum atomic E-state index is -0.547. The van der Waals surface area contributed by atoms with Crippen molar-refractivity contribution in [2.75, 3.05) is 25.3 Å². The Morgan fingerprint density at radius 1 is 1.30 bits per heavy atom. The van der Waals surface area contributed by atoms with Gasteiger partial charge in [-0.3, -0.25) is 4.79 Å². The van der Waals surface area contributed by atoms with Crippen LogP contribution in [0.2, 0.25) is 0 Å². The molecule has 8 heteroatoms. The molecule has 0 fully saturated rings. The van der Waals surface area contributed by atoms with Crippen LogP contribution in [0.25, 0.3) is 0 Å². The van der Waals surface area contributed by atoms with Gasteiger partial charge in [0.1, 0.15) is 10.8 Å². The van der Waals surface area contributed by atoms with Gasteiger partial charge < -0.3 is 14.8 Å². The fraction of sp³-hybridized carbons (Fsp3) is 0.267. The number of carbonyl (C=O) groups is 2. The predicted octanol–water partition coefficient (Wildman–Crippen LogP) is 3.30. The molecule has 23 heavy (non-hydrogen) atoms. The van der Waals surface area contributed by atoms with Gasteiger partial charge in [-0.05, 0) is 37.4 Å². The van der Waals surface area contributed by atoms with E-state index in [1.165, 1.54) is 23.1 Å². The quantitative estimate of drug-likeness (QED) is 0.635. The standard InChI is InChI=1S/C15H16N2O4S2/c1-4-21-14(19)11-13(23-15(16-11)22-3)17-12(18)9-5-7-10(20-2)8-6-9/h5-8H,4H2,1-3H3,(H,17,18). The highest BCUT2D eigenvalue weighted by atomic mass is 32.2. The minimum Gasteiger partial charge on any atom is -0.497 e. The molecule has 6 nitrogen and oxygen atoms in total. The molecule has 1 amide bonds. The lowest BCUT2D eigenvalue weighted by Gasteiger charge is -2.06. The number of amides is 1. The van der Waals surface area contributed by atoms with E-state index in [4.69, 9.17) is 9.47 Å². The number of nitrogens with zero attached hydrogens (tertiary/aromatic N) is 1. The second-order valence-corrected chi connectivity index (χ2v) is 6.32. The van der Waals surface area contributed by atoms with Gasteiger partial charge in [-0.25, -0.2) is 9.78 Å². The van der Waals surface area contributed by atoms with E-state index in [0.717, 1.165) is 0 Å². The lowest BCUT2D eigenvalue weighted by molar-refractivity contribution is 0.0521. The Bertz CT molecular complexity index is 698. The lowest BCUT2D eigenvalue weighted by atomic mass is 10.2. The number of ether oxygens (including phenoxy) is 2. The Kier molecular flexibility index (Phi) is 6.00. The second-order valence-electron chi connectivity index (χ2n) is 4.26. The van der Waals surface area contributed by atoms with Crippen LogP contribution in [0.5, 0.6) is 5.75 Å². The average Bonchev–Trinajstić information content (AvgIpc) is 2.98. The van der Waals surface area contributed by atoms with Gasteiger partial charge in [0.05, 0.1) is 13.7 Å². The van der Waals surface area contributed by atoms with E-state index in [9.17, 15) is 9.59 Å². The SMILES string of the molecule is CCOC(=O)c1nc(SC)sc1NC(=O)c1ccc(OC)cc1. The van der Waals surface area contributed by atoms with Gasteiger partial charge in [0.2, 0.25) is 0 Å². The zero-order valence-electron chi connectivity index (χ0n) is 12.9. The highest BCUT2D eigenvalue weighted by Gasteiger charge is 2.21. The van der Waals surface area contributed by atoms with E-state index in [0.29, 0.717) is 20.7 Å². The van der Waals surface area contributed by atoms with Crippen molar-refractivity contribution in [1.29, 1.82) is 0 Å². The highest BCUT2D eigenvalue weighted by molar-refractivity contribution is 8.00. The number of thiazole rings is 1. The van der Waals surface area contributed by atoms with Crippen molar-refractivity contribution >= 4 is 40.0 Å². The maximum atomic E-state index is 12.3. The first-order chi connectivity index (χ1) is 11.1. The van der Waals surface area contributed by atoms with Crippen molar-refractivity contribution in [1.82, 2.24) is 4.98 Å². The van der Waals surface area contributed by atoms with Crippen LogP contribution in [0.15, 0.2) is 28.6 Å². The molecule has 0 saturated carbocycles. The van der Waals surface area contributed by atoms with Gasteiger partial charge in [0.25, 0.3) is 5.91 Å². The third kappa shape index (κ3) is 4.23. The summed E-state index contributed by atoms with van der Waals surface area (Å²) in [7, 11) is 1.56. The molecule has 1 N–H and O–H groups in total. The normalized spacial score (nSPS) is 10.2. The molecule has 0 unspecified atom stereocenters. The van der Waals surface area contributed by atoms with Crippen LogP contribution in [0.3, 0.4) is 0 Å².